The number of anilines is 1. The lowest BCUT2D eigenvalue weighted by atomic mass is 9.89. The molecule has 1 aliphatic carbocycles. The van der Waals surface area contributed by atoms with Crippen LogP contribution in [0, 0.1) is 0 Å². The third kappa shape index (κ3) is 4.35. The summed E-state index contributed by atoms with van der Waals surface area (Å²) in [6, 6.07) is 6.34. The van der Waals surface area contributed by atoms with Crippen molar-refractivity contribution in [2.75, 3.05) is 12.4 Å². The van der Waals surface area contributed by atoms with E-state index in [9.17, 15) is 0 Å². The van der Waals surface area contributed by atoms with E-state index in [-0.39, 0.29) is 0 Å². The van der Waals surface area contributed by atoms with Gasteiger partial charge in [-0.05, 0) is 59.2 Å². The quantitative estimate of drug-likeness (QED) is 0.576. The first-order valence-corrected chi connectivity index (χ1v) is 8.40. The summed E-state index contributed by atoms with van der Waals surface area (Å²) in [5, 5.41) is 3.18. The molecule has 0 spiro atoms. The van der Waals surface area contributed by atoms with E-state index >= 15 is 0 Å². The Morgan fingerprint density at radius 1 is 1.26 bits per heavy atom. The van der Waals surface area contributed by atoms with E-state index < -0.39 is 0 Å². The van der Waals surface area contributed by atoms with Crippen LogP contribution in [0.5, 0.6) is 0 Å². The van der Waals surface area contributed by atoms with Crippen LogP contribution in [0.25, 0.3) is 12.2 Å². The number of nitrogens with one attached hydrogen (secondary N) is 1. The molecule has 1 nitrogen and oxygen atoms in total. The fraction of sp³-hybridized carbons (Fsp3) is 0.273. The van der Waals surface area contributed by atoms with Crippen molar-refractivity contribution in [3.63, 3.8) is 0 Å². The molecule has 0 unspecified atom stereocenters. The van der Waals surface area contributed by atoms with Gasteiger partial charge in [-0.2, -0.15) is 0 Å². The average Bonchev–Trinajstić information content (AvgIpc) is 2.60. The normalized spacial score (nSPS) is 14.3. The van der Waals surface area contributed by atoms with E-state index in [1.807, 2.05) is 13.1 Å². The van der Waals surface area contributed by atoms with Crippen molar-refractivity contribution in [3.05, 3.63) is 77.4 Å². The highest BCUT2D eigenvalue weighted by Gasteiger charge is 2.09. The minimum Gasteiger partial charge on any atom is -0.388 e. The molecule has 0 bridgehead atoms. The molecule has 1 N–H and O–H groups in total. The SMILES string of the molecule is C=Cc1cc(/C=C/C(=C)C2=CCCC=C2CCC)ccc1NC. The molecule has 0 saturated heterocycles. The standard InChI is InChI=1S/C22H27N/c1-5-9-20-10-7-8-11-21(20)17(3)12-13-18-14-15-22(23-4)19(6-2)16-18/h6,10-16,23H,2-3,5,7-9H2,1,4H3/b13-12+. The molecule has 0 aliphatic heterocycles. The van der Waals surface area contributed by atoms with Crippen LogP contribution in [0.3, 0.4) is 0 Å². The van der Waals surface area contributed by atoms with Crippen molar-refractivity contribution < 1.29 is 0 Å². The van der Waals surface area contributed by atoms with E-state index in [1.165, 1.54) is 17.6 Å². The van der Waals surface area contributed by atoms with Gasteiger partial charge in [-0.25, -0.2) is 0 Å². The van der Waals surface area contributed by atoms with Crippen molar-refractivity contribution in [3.8, 4) is 0 Å². The van der Waals surface area contributed by atoms with Crippen LogP contribution in [-0.2, 0) is 0 Å². The topological polar surface area (TPSA) is 12.0 Å². The van der Waals surface area contributed by atoms with Gasteiger partial charge in [0.1, 0.15) is 0 Å². The van der Waals surface area contributed by atoms with E-state index in [0.29, 0.717) is 0 Å². The summed E-state index contributed by atoms with van der Waals surface area (Å²) in [5.74, 6) is 0. The molecule has 0 amide bonds. The van der Waals surface area contributed by atoms with Crippen LogP contribution in [0.15, 0.2) is 66.3 Å². The first kappa shape index (κ1) is 17.1. The molecule has 1 aromatic rings. The van der Waals surface area contributed by atoms with Gasteiger partial charge < -0.3 is 5.32 Å². The zero-order chi connectivity index (χ0) is 16.7. The molecule has 23 heavy (non-hydrogen) atoms. The van der Waals surface area contributed by atoms with Crippen molar-refractivity contribution >= 4 is 17.8 Å². The van der Waals surface area contributed by atoms with Gasteiger partial charge in [0.15, 0.2) is 0 Å². The first-order chi connectivity index (χ1) is 11.2. The highest BCUT2D eigenvalue weighted by Crippen LogP contribution is 2.29. The second-order valence-electron chi connectivity index (χ2n) is 5.83. The Balaban J connectivity index is 2.16. The average molecular weight is 305 g/mol. The maximum atomic E-state index is 4.27. The summed E-state index contributed by atoms with van der Waals surface area (Å²) in [7, 11) is 1.93. The zero-order valence-corrected chi connectivity index (χ0v) is 14.4. The van der Waals surface area contributed by atoms with Crippen molar-refractivity contribution in [2.45, 2.75) is 32.6 Å². The van der Waals surface area contributed by atoms with E-state index in [2.05, 4.69) is 67.9 Å². The molecule has 0 heterocycles. The second-order valence-corrected chi connectivity index (χ2v) is 5.83. The summed E-state index contributed by atoms with van der Waals surface area (Å²) in [6.07, 6.45) is 15.4. The van der Waals surface area contributed by atoms with Crippen LogP contribution in [-0.4, -0.2) is 7.05 Å². The number of rotatable bonds is 7. The molecule has 0 aromatic heterocycles. The second kappa shape index (κ2) is 8.38. The fourth-order valence-corrected chi connectivity index (χ4v) is 2.94. The van der Waals surface area contributed by atoms with Gasteiger partial charge in [0.25, 0.3) is 0 Å². The van der Waals surface area contributed by atoms with Gasteiger partial charge >= 0.3 is 0 Å². The molecule has 0 fully saturated rings. The Morgan fingerprint density at radius 3 is 2.74 bits per heavy atom. The Hall–Kier alpha value is -2.28. The molecule has 0 atom stereocenters. The number of benzene rings is 1. The lowest BCUT2D eigenvalue weighted by Crippen LogP contribution is -1.97. The highest BCUT2D eigenvalue weighted by molar-refractivity contribution is 5.70. The van der Waals surface area contributed by atoms with E-state index in [1.54, 1.807) is 0 Å². The van der Waals surface area contributed by atoms with Crippen LogP contribution in [0.4, 0.5) is 5.69 Å². The Morgan fingerprint density at radius 2 is 2.04 bits per heavy atom. The Kier molecular flexibility index (Phi) is 6.22. The Labute approximate surface area is 140 Å². The summed E-state index contributed by atoms with van der Waals surface area (Å²) >= 11 is 0. The van der Waals surface area contributed by atoms with Crippen LogP contribution < -0.4 is 5.32 Å². The molecule has 0 saturated carbocycles. The monoisotopic (exact) mass is 305 g/mol. The van der Waals surface area contributed by atoms with E-state index in [4.69, 9.17) is 0 Å². The first-order valence-electron chi connectivity index (χ1n) is 8.40. The van der Waals surface area contributed by atoms with E-state index in [0.717, 1.165) is 41.6 Å². The van der Waals surface area contributed by atoms with Crippen LogP contribution in [0.2, 0.25) is 0 Å². The maximum Gasteiger partial charge on any atom is 0.0411 e. The highest BCUT2D eigenvalue weighted by atomic mass is 14.8. The minimum absolute atomic E-state index is 1.10. The molecular formula is C22H27N. The lowest BCUT2D eigenvalue weighted by Gasteiger charge is -2.16. The molecular weight excluding hydrogens is 278 g/mol. The summed E-state index contributed by atoms with van der Waals surface area (Å²) in [4.78, 5) is 0. The zero-order valence-electron chi connectivity index (χ0n) is 14.4. The molecule has 120 valence electrons. The molecule has 1 heteroatoms. The largest absolute Gasteiger partial charge is 0.388 e. The smallest absolute Gasteiger partial charge is 0.0411 e. The predicted octanol–water partition coefficient (Wildman–Crippen LogP) is 6.39. The fourth-order valence-electron chi connectivity index (χ4n) is 2.94. The van der Waals surface area contributed by atoms with Gasteiger partial charge in [0.05, 0.1) is 0 Å². The molecule has 1 aromatic carbocycles. The third-order valence-electron chi connectivity index (χ3n) is 4.16. The van der Waals surface area contributed by atoms with Gasteiger partial charge in [-0.1, -0.05) is 62.9 Å². The van der Waals surface area contributed by atoms with Crippen molar-refractivity contribution in [1.82, 2.24) is 0 Å². The number of allylic oxidation sites excluding steroid dienone is 6. The molecule has 2 rings (SSSR count). The summed E-state index contributed by atoms with van der Waals surface area (Å²) in [5.41, 5.74) is 7.25. The number of hydrogen-bond acceptors (Lipinski definition) is 1. The van der Waals surface area contributed by atoms with Gasteiger partial charge in [0.2, 0.25) is 0 Å². The van der Waals surface area contributed by atoms with Gasteiger partial charge in [-0.3, -0.25) is 0 Å². The van der Waals surface area contributed by atoms with Crippen LogP contribution >= 0.6 is 0 Å². The Bertz CT molecular complexity index is 671. The minimum atomic E-state index is 1.10. The van der Waals surface area contributed by atoms with Crippen LogP contribution in [0.1, 0.15) is 43.7 Å². The molecule has 0 radical (unpaired) electrons. The molecule has 1 aliphatic rings. The van der Waals surface area contributed by atoms with Gasteiger partial charge in [0, 0.05) is 12.7 Å². The summed E-state index contributed by atoms with van der Waals surface area (Å²) < 4.78 is 0. The summed E-state index contributed by atoms with van der Waals surface area (Å²) in [6.45, 7) is 10.4. The number of hydrogen-bond donors (Lipinski definition) is 1. The van der Waals surface area contributed by atoms with Gasteiger partial charge in [-0.15, -0.1) is 0 Å². The van der Waals surface area contributed by atoms with Crippen molar-refractivity contribution in [1.29, 1.82) is 0 Å². The lowest BCUT2D eigenvalue weighted by molar-refractivity contribution is 0.878. The maximum absolute atomic E-state index is 4.27. The predicted molar refractivity (Wildman–Crippen MR) is 105 cm³/mol. The van der Waals surface area contributed by atoms with Crippen molar-refractivity contribution in [2.24, 2.45) is 0 Å². The third-order valence-corrected chi connectivity index (χ3v) is 4.16.